The van der Waals surface area contributed by atoms with E-state index in [-0.39, 0.29) is 5.75 Å². The zero-order valence-electron chi connectivity index (χ0n) is 10.3. The number of nitrogens with one attached hydrogen (secondary N) is 2. The van der Waals surface area contributed by atoms with Crippen LogP contribution in [0.25, 0.3) is 0 Å². The number of hydrogen-bond donors (Lipinski definition) is 3. The third-order valence-electron chi connectivity index (χ3n) is 2.26. The number of hydrogen-bond acceptors (Lipinski definition) is 6. The number of halogens is 4. The Kier molecular flexibility index (Phi) is 4.48. The van der Waals surface area contributed by atoms with Crippen molar-refractivity contribution in [3.05, 3.63) is 35.1 Å². The van der Waals surface area contributed by atoms with E-state index in [0.29, 0.717) is 21.8 Å². The fraction of sp³-hybridized carbons (Fsp3) is 0.0909. The van der Waals surface area contributed by atoms with Gasteiger partial charge in [0.25, 0.3) is 0 Å². The van der Waals surface area contributed by atoms with Crippen LogP contribution >= 0.6 is 15.9 Å². The van der Waals surface area contributed by atoms with Gasteiger partial charge >= 0.3 is 6.36 Å². The van der Waals surface area contributed by atoms with Gasteiger partial charge in [0.2, 0.25) is 0 Å². The monoisotopic (exact) mass is 363 g/mol. The topological polar surface area (TPSA) is 85.1 Å². The van der Waals surface area contributed by atoms with Crippen molar-refractivity contribution in [1.82, 2.24) is 9.97 Å². The number of aromatic nitrogens is 2. The van der Waals surface area contributed by atoms with Crippen LogP contribution in [0.3, 0.4) is 0 Å². The first-order chi connectivity index (χ1) is 9.89. The number of ether oxygens (including phenoxy) is 1. The van der Waals surface area contributed by atoms with E-state index in [1.54, 1.807) is 6.07 Å². The number of rotatable bonds is 4. The highest BCUT2D eigenvalue weighted by Gasteiger charge is 2.31. The van der Waals surface area contributed by atoms with Gasteiger partial charge in [-0.1, -0.05) is 6.07 Å². The number of nitrogens with zero attached hydrogens (tertiary/aromatic N) is 2. The zero-order chi connectivity index (χ0) is 15.5. The summed E-state index contributed by atoms with van der Waals surface area (Å²) in [5.41, 5.74) is 2.71. The SMILES string of the molecule is NNc1ncnc(Nc2cccc(OC(F)(F)F)c2)c1Br. The molecule has 1 aromatic carbocycles. The van der Waals surface area contributed by atoms with Gasteiger partial charge in [0, 0.05) is 11.8 Å². The lowest BCUT2D eigenvalue weighted by Gasteiger charge is -2.12. The van der Waals surface area contributed by atoms with Crippen LogP contribution in [-0.4, -0.2) is 16.3 Å². The van der Waals surface area contributed by atoms with Crippen molar-refractivity contribution in [2.75, 3.05) is 10.7 Å². The van der Waals surface area contributed by atoms with Gasteiger partial charge in [0.15, 0.2) is 5.82 Å². The molecule has 0 aliphatic heterocycles. The maximum atomic E-state index is 12.2. The van der Waals surface area contributed by atoms with Crippen LogP contribution in [0.2, 0.25) is 0 Å². The van der Waals surface area contributed by atoms with Gasteiger partial charge < -0.3 is 15.5 Å². The first-order valence-corrected chi connectivity index (χ1v) is 6.28. The van der Waals surface area contributed by atoms with Crippen LogP contribution in [0.4, 0.5) is 30.5 Å². The lowest BCUT2D eigenvalue weighted by molar-refractivity contribution is -0.274. The molecule has 21 heavy (non-hydrogen) atoms. The van der Waals surface area contributed by atoms with E-state index < -0.39 is 6.36 Å². The summed E-state index contributed by atoms with van der Waals surface area (Å²) in [4.78, 5) is 7.82. The highest BCUT2D eigenvalue weighted by atomic mass is 79.9. The molecule has 1 heterocycles. The molecular weight excluding hydrogens is 355 g/mol. The van der Waals surface area contributed by atoms with Gasteiger partial charge in [0.1, 0.15) is 22.4 Å². The first-order valence-electron chi connectivity index (χ1n) is 5.49. The summed E-state index contributed by atoms with van der Waals surface area (Å²) in [6.07, 6.45) is -3.50. The highest BCUT2D eigenvalue weighted by Crippen LogP contribution is 2.30. The normalized spacial score (nSPS) is 11.1. The van der Waals surface area contributed by atoms with E-state index in [1.165, 1.54) is 24.5 Å². The molecule has 0 aliphatic carbocycles. The van der Waals surface area contributed by atoms with Crippen molar-refractivity contribution in [1.29, 1.82) is 0 Å². The first kappa shape index (κ1) is 15.3. The number of benzene rings is 1. The molecule has 0 atom stereocenters. The van der Waals surface area contributed by atoms with Gasteiger partial charge in [-0.15, -0.1) is 13.2 Å². The number of alkyl halides is 3. The van der Waals surface area contributed by atoms with Gasteiger partial charge in [-0.25, -0.2) is 15.8 Å². The summed E-state index contributed by atoms with van der Waals surface area (Å²) in [5.74, 6) is 5.59. The Hall–Kier alpha value is -2.07. The predicted octanol–water partition coefficient (Wildman–Crippen LogP) is 3.17. The predicted molar refractivity (Wildman–Crippen MR) is 73.9 cm³/mol. The second-order valence-electron chi connectivity index (χ2n) is 3.73. The Bertz CT molecular complexity index is 637. The molecule has 0 spiro atoms. The van der Waals surface area contributed by atoms with Crippen LogP contribution in [0.1, 0.15) is 0 Å². The zero-order valence-corrected chi connectivity index (χ0v) is 11.9. The minimum atomic E-state index is -4.75. The van der Waals surface area contributed by atoms with Crippen molar-refractivity contribution >= 4 is 33.3 Å². The molecule has 0 unspecified atom stereocenters. The summed E-state index contributed by atoms with van der Waals surface area (Å²) in [7, 11) is 0. The summed E-state index contributed by atoms with van der Waals surface area (Å²) in [6.45, 7) is 0. The minimum absolute atomic E-state index is 0.329. The molecule has 2 aromatic rings. The molecule has 6 nitrogen and oxygen atoms in total. The molecule has 0 fully saturated rings. The quantitative estimate of drug-likeness (QED) is 0.571. The van der Waals surface area contributed by atoms with E-state index in [2.05, 4.69) is 41.4 Å². The summed E-state index contributed by atoms with van der Waals surface area (Å²) < 4.78 is 40.8. The van der Waals surface area contributed by atoms with E-state index in [0.717, 1.165) is 0 Å². The lowest BCUT2D eigenvalue weighted by Crippen LogP contribution is -2.17. The lowest BCUT2D eigenvalue weighted by atomic mass is 10.3. The fourth-order valence-corrected chi connectivity index (χ4v) is 1.88. The van der Waals surface area contributed by atoms with Gasteiger partial charge in [-0.2, -0.15) is 0 Å². The maximum absolute atomic E-state index is 12.2. The van der Waals surface area contributed by atoms with Crippen LogP contribution < -0.4 is 21.3 Å². The maximum Gasteiger partial charge on any atom is 0.573 e. The largest absolute Gasteiger partial charge is 0.573 e. The highest BCUT2D eigenvalue weighted by molar-refractivity contribution is 9.10. The molecular formula is C11H9BrF3N5O. The second-order valence-corrected chi connectivity index (χ2v) is 4.52. The molecule has 112 valence electrons. The standard InChI is InChI=1S/C11H9BrF3N5O/c12-8-9(17-5-18-10(8)20-16)19-6-2-1-3-7(4-6)21-11(13,14)15/h1-5H,16H2,(H2,17,18,19,20). The Balaban J connectivity index is 2.22. The van der Waals surface area contributed by atoms with Crippen LogP contribution in [0.15, 0.2) is 35.1 Å². The second kappa shape index (κ2) is 6.14. The molecule has 2 rings (SSSR count). The smallest absolute Gasteiger partial charge is 0.406 e. The summed E-state index contributed by atoms with van der Waals surface area (Å²) in [5, 5.41) is 2.83. The third kappa shape index (κ3) is 4.20. The van der Waals surface area contributed by atoms with E-state index in [4.69, 9.17) is 5.84 Å². The molecule has 0 saturated carbocycles. The van der Waals surface area contributed by atoms with Crippen molar-refractivity contribution in [2.45, 2.75) is 6.36 Å². The average molecular weight is 364 g/mol. The van der Waals surface area contributed by atoms with Crippen LogP contribution in [-0.2, 0) is 0 Å². The van der Waals surface area contributed by atoms with Crippen LogP contribution in [0.5, 0.6) is 5.75 Å². The van der Waals surface area contributed by atoms with E-state index >= 15 is 0 Å². The van der Waals surface area contributed by atoms with Gasteiger partial charge in [-0.05, 0) is 28.1 Å². The van der Waals surface area contributed by atoms with Crippen molar-refractivity contribution < 1.29 is 17.9 Å². The molecule has 10 heteroatoms. The van der Waals surface area contributed by atoms with Gasteiger partial charge in [0.05, 0.1) is 0 Å². The Morgan fingerprint density at radius 1 is 1.19 bits per heavy atom. The Labute approximate surface area is 125 Å². The van der Waals surface area contributed by atoms with Crippen molar-refractivity contribution in [3.63, 3.8) is 0 Å². The van der Waals surface area contributed by atoms with Gasteiger partial charge in [-0.3, -0.25) is 0 Å². The third-order valence-corrected chi connectivity index (χ3v) is 3.01. The van der Waals surface area contributed by atoms with Crippen molar-refractivity contribution in [2.24, 2.45) is 5.84 Å². The molecule has 0 radical (unpaired) electrons. The molecule has 1 aromatic heterocycles. The van der Waals surface area contributed by atoms with Crippen LogP contribution in [0, 0.1) is 0 Å². The van der Waals surface area contributed by atoms with E-state index in [9.17, 15) is 13.2 Å². The Morgan fingerprint density at radius 3 is 2.57 bits per heavy atom. The minimum Gasteiger partial charge on any atom is -0.406 e. The fourth-order valence-electron chi connectivity index (χ4n) is 1.47. The number of nitrogen functional groups attached to an aromatic ring is 1. The molecule has 0 bridgehead atoms. The molecule has 4 N–H and O–H groups in total. The summed E-state index contributed by atoms with van der Waals surface area (Å²) >= 11 is 3.23. The van der Waals surface area contributed by atoms with Crippen molar-refractivity contribution in [3.8, 4) is 5.75 Å². The molecule has 0 saturated heterocycles. The molecule has 0 aliphatic rings. The van der Waals surface area contributed by atoms with E-state index in [1.807, 2.05) is 0 Å². The summed E-state index contributed by atoms with van der Waals surface area (Å²) in [6, 6.07) is 5.37. The average Bonchev–Trinajstić information content (AvgIpc) is 2.40. The Morgan fingerprint density at radius 2 is 1.90 bits per heavy atom. The molecule has 0 amide bonds. The number of anilines is 3. The number of nitrogens with two attached hydrogens (primary N) is 1. The number of hydrazine groups is 1.